The number of rotatable bonds is 7. The SMILES string of the molecule is OCc1ccccc1CCNC(C[C@@H]1CN2CCC1CC2)C(F)(F)F. The first-order valence-electron chi connectivity index (χ1n) is 9.17. The van der Waals surface area contributed by atoms with Gasteiger partial charge in [-0.2, -0.15) is 13.2 Å². The summed E-state index contributed by atoms with van der Waals surface area (Å²) in [4.78, 5) is 2.30. The van der Waals surface area contributed by atoms with Gasteiger partial charge in [-0.15, -0.1) is 0 Å². The maximum absolute atomic E-state index is 13.5. The Morgan fingerprint density at radius 2 is 1.84 bits per heavy atom. The van der Waals surface area contributed by atoms with E-state index in [1.165, 1.54) is 0 Å². The summed E-state index contributed by atoms with van der Waals surface area (Å²) >= 11 is 0. The van der Waals surface area contributed by atoms with Crippen molar-refractivity contribution in [2.75, 3.05) is 26.2 Å². The number of nitrogens with one attached hydrogen (secondary N) is 1. The first-order valence-corrected chi connectivity index (χ1v) is 9.17. The minimum Gasteiger partial charge on any atom is -0.392 e. The summed E-state index contributed by atoms with van der Waals surface area (Å²) in [5, 5.41) is 12.1. The standard InChI is InChI=1S/C19H27F3N2O/c20-19(21,22)18(11-17-12-24-9-6-15(17)7-10-24)23-8-5-14-3-1-2-4-16(14)13-25/h1-4,15,17-18,23,25H,5-13H2/t17-,18?/m1/s1. The topological polar surface area (TPSA) is 35.5 Å². The molecule has 0 spiro atoms. The molecule has 2 atom stereocenters. The van der Waals surface area contributed by atoms with E-state index in [-0.39, 0.29) is 25.5 Å². The van der Waals surface area contributed by atoms with Crippen LogP contribution < -0.4 is 5.32 Å². The van der Waals surface area contributed by atoms with Gasteiger partial charge in [0.2, 0.25) is 0 Å². The highest BCUT2D eigenvalue weighted by atomic mass is 19.4. The molecule has 4 rings (SSSR count). The molecule has 0 aliphatic carbocycles. The smallest absolute Gasteiger partial charge is 0.392 e. The predicted molar refractivity (Wildman–Crippen MR) is 91.2 cm³/mol. The van der Waals surface area contributed by atoms with Gasteiger partial charge in [-0.05, 0) is 68.3 Å². The number of nitrogens with zero attached hydrogens (tertiary/aromatic N) is 1. The summed E-state index contributed by atoms with van der Waals surface area (Å²) < 4.78 is 40.4. The number of aliphatic hydroxyl groups is 1. The van der Waals surface area contributed by atoms with Crippen LogP contribution in [0.15, 0.2) is 24.3 Å². The minimum absolute atomic E-state index is 0.0849. The maximum atomic E-state index is 13.5. The van der Waals surface area contributed by atoms with Crippen molar-refractivity contribution in [2.24, 2.45) is 11.8 Å². The predicted octanol–water partition coefficient (Wildman–Crippen LogP) is 2.97. The van der Waals surface area contributed by atoms with Crippen molar-refractivity contribution in [1.29, 1.82) is 0 Å². The molecule has 2 bridgehead atoms. The van der Waals surface area contributed by atoms with Crippen molar-refractivity contribution in [2.45, 2.75) is 44.5 Å². The lowest BCUT2D eigenvalue weighted by Crippen LogP contribution is -2.52. The summed E-state index contributed by atoms with van der Waals surface area (Å²) in [6, 6.07) is 5.91. The highest BCUT2D eigenvalue weighted by Crippen LogP contribution is 2.37. The number of benzene rings is 1. The lowest BCUT2D eigenvalue weighted by molar-refractivity contribution is -0.163. The lowest BCUT2D eigenvalue weighted by atomic mass is 9.76. The van der Waals surface area contributed by atoms with E-state index in [9.17, 15) is 18.3 Å². The third-order valence-electron chi connectivity index (χ3n) is 5.80. The van der Waals surface area contributed by atoms with Crippen LogP contribution in [0.25, 0.3) is 0 Å². The number of piperidine rings is 3. The van der Waals surface area contributed by atoms with E-state index in [0.717, 1.165) is 43.6 Å². The van der Waals surface area contributed by atoms with Crippen LogP contribution in [0.2, 0.25) is 0 Å². The summed E-state index contributed by atoms with van der Waals surface area (Å²) in [5.74, 6) is 0.595. The second-order valence-corrected chi connectivity index (χ2v) is 7.36. The first-order chi connectivity index (χ1) is 12.0. The van der Waals surface area contributed by atoms with Crippen molar-refractivity contribution in [1.82, 2.24) is 10.2 Å². The minimum atomic E-state index is -4.22. The molecule has 1 aromatic rings. The fraction of sp³-hybridized carbons (Fsp3) is 0.684. The van der Waals surface area contributed by atoms with Crippen LogP contribution in [-0.4, -0.2) is 48.4 Å². The molecule has 0 aromatic heterocycles. The van der Waals surface area contributed by atoms with Crippen LogP contribution in [0, 0.1) is 11.8 Å². The van der Waals surface area contributed by atoms with E-state index in [1.54, 1.807) is 0 Å². The van der Waals surface area contributed by atoms with Crippen molar-refractivity contribution < 1.29 is 18.3 Å². The number of hydrogen-bond acceptors (Lipinski definition) is 3. The number of hydrogen-bond donors (Lipinski definition) is 2. The van der Waals surface area contributed by atoms with E-state index >= 15 is 0 Å². The molecule has 3 aliphatic heterocycles. The number of halogens is 3. The normalized spacial score (nSPS) is 27.4. The van der Waals surface area contributed by atoms with Crippen LogP contribution in [0.1, 0.15) is 30.4 Å². The fourth-order valence-corrected chi connectivity index (χ4v) is 4.33. The lowest BCUT2D eigenvalue weighted by Gasteiger charge is -2.46. The Labute approximate surface area is 147 Å². The van der Waals surface area contributed by atoms with Gasteiger partial charge >= 0.3 is 6.18 Å². The van der Waals surface area contributed by atoms with Crippen molar-refractivity contribution in [3.05, 3.63) is 35.4 Å². The molecule has 0 amide bonds. The molecule has 1 aromatic carbocycles. The zero-order valence-electron chi connectivity index (χ0n) is 14.4. The molecule has 3 fully saturated rings. The molecule has 3 saturated heterocycles. The molecule has 2 N–H and O–H groups in total. The highest BCUT2D eigenvalue weighted by molar-refractivity contribution is 5.26. The van der Waals surface area contributed by atoms with Crippen LogP contribution in [0.3, 0.4) is 0 Å². The van der Waals surface area contributed by atoms with Crippen LogP contribution in [0.5, 0.6) is 0 Å². The zero-order chi connectivity index (χ0) is 17.9. The zero-order valence-corrected chi connectivity index (χ0v) is 14.4. The van der Waals surface area contributed by atoms with Gasteiger partial charge in [0.05, 0.1) is 6.61 Å². The maximum Gasteiger partial charge on any atom is 0.403 e. The highest BCUT2D eigenvalue weighted by Gasteiger charge is 2.43. The third kappa shape index (κ3) is 4.74. The average molecular weight is 356 g/mol. The molecule has 0 radical (unpaired) electrons. The van der Waals surface area contributed by atoms with Gasteiger partial charge in [0.25, 0.3) is 0 Å². The first kappa shape index (κ1) is 18.7. The van der Waals surface area contributed by atoms with Crippen molar-refractivity contribution in [3.63, 3.8) is 0 Å². The van der Waals surface area contributed by atoms with E-state index in [1.807, 2.05) is 24.3 Å². The second-order valence-electron chi connectivity index (χ2n) is 7.36. The number of aliphatic hydroxyl groups excluding tert-OH is 1. The molecule has 1 unspecified atom stereocenters. The molecule has 3 heterocycles. The summed E-state index contributed by atoms with van der Waals surface area (Å²) in [6.07, 6.45) is -1.48. The quantitative estimate of drug-likeness (QED) is 0.788. The van der Waals surface area contributed by atoms with Crippen LogP contribution in [-0.2, 0) is 13.0 Å². The summed E-state index contributed by atoms with van der Waals surface area (Å²) in [7, 11) is 0. The Bertz CT molecular complexity index is 556. The molecule has 140 valence electrons. The number of alkyl halides is 3. The van der Waals surface area contributed by atoms with Gasteiger partial charge in [-0.3, -0.25) is 0 Å². The van der Waals surface area contributed by atoms with Gasteiger partial charge in [-0.25, -0.2) is 0 Å². The Morgan fingerprint density at radius 1 is 1.16 bits per heavy atom. The summed E-state index contributed by atoms with van der Waals surface area (Å²) in [5.41, 5.74) is 1.69. The molecular formula is C19H27F3N2O. The second kappa shape index (κ2) is 8.06. The Morgan fingerprint density at radius 3 is 2.40 bits per heavy atom. The summed E-state index contributed by atoms with van der Waals surface area (Å²) in [6.45, 7) is 3.08. The van der Waals surface area contributed by atoms with Gasteiger partial charge in [-0.1, -0.05) is 24.3 Å². The van der Waals surface area contributed by atoms with Crippen LogP contribution >= 0.6 is 0 Å². The number of fused-ring (bicyclic) bond motifs is 3. The van der Waals surface area contributed by atoms with E-state index < -0.39 is 12.2 Å². The molecule has 3 nitrogen and oxygen atoms in total. The third-order valence-corrected chi connectivity index (χ3v) is 5.80. The molecule has 0 saturated carbocycles. The largest absolute Gasteiger partial charge is 0.403 e. The molecular weight excluding hydrogens is 329 g/mol. The van der Waals surface area contributed by atoms with Gasteiger partial charge < -0.3 is 15.3 Å². The van der Waals surface area contributed by atoms with Crippen LogP contribution in [0.4, 0.5) is 13.2 Å². The molecule has 25 heavy (non-hydrogen) atoms. The van der Waals surface area contributed by atoms with E-state index in [0.29, 0.717) is 12.3 Å². The molecule has 6 heteroatoms. The average Bonchev–Trinajstić information content (AvgIpc) is 2.61. The monoisotopic (exact) mass is 356 g/mol. The fourth-order valence-electron chi connectivity index (χ4n) is 4.33. The van der Waals surface area contributed by atoms with Gasteiger partial charge in [0.1, 0.15) is 6.04 Å². The van der Waals surface area contributed by atoms with Gasteiger partial charge in [0.15, 0.2) is 0 Å². The van der Waals surface area contributed by atoms with Crippen molar-refractivity contribution in [3.8, 4) is 0 Å². The van der Waals surface area contributed by atoms with Gasteiger partial charge in [0, 0.05) is 6.54 Å². The Balaban J connectivity index is 1.56. The van der Waals surface area contributed by atoms with Crippen molar-refractivity contribution >= 4 is 0 Å². The Hall–Kier alpha value is -1.11. The van der Waals surface area contributed by atoms with E-state index in [2.05, 4.69) is 10.2 Å². The van der Waals surface area contributed by atoms with E-state index in [4.69, 9.17) is 0 Å². The Kier molecular flexibility index (Phi) is 6.02. The molecule has 3 aliphatic rings.